The summed E-state index contributed by atoms with van der Waals surface area (Å²) in [6, 6.07) is 3.79. The fraction of sp³-hybridized carbons (Fsp3) is 0.462. The van der Waals surface area contributed by atoms with E-state index < -0.39 is 0 Å². The summed E-state index contributed by atoms with van der Waals surface area (Å²) in [6.07, 6.45) is 4.50. The molecule has 0 aliphatic carbocycles. The van der Waals surface area contributed by atoms with E-state index in [0.29, 0.717) is 6.61 Å². The molecule has 2 N–H and O–H groups in total. The Labute approximate surface area is 107 Å². The van der Waals surface area contributed by atoms with Gasteiger partial charge in [0.25, 0.3) is 0 Å². The van der Waals surface area contributed by atoms with Gasteiger partial charge in [-0.05, 0) is 32.0 Å². The van der Waals surface area contributed by atoms with Crippen LogP contribution in [-0.4, -0.2) is 23.3 Å². The van der Waals surface area contributed by atoms with Gasteiger partial charge in [0.05, 0.1) is 12.5 Å². The van der Waals surface area contributed by atoms with Gasteiger partial charge >= 0.3 is 0 Å². The molecule has 0 radical (unpaired) electrons. The summed E-state index contributed by atoms with van der Waals surface area (Å²) in [5, 5.41) is 10.3. The van der Waals surface area contributed by atoms with E-state index in [-0.39, 0.29) is 0 Å². The number of aryl methyl sites for hydroxylation is 1. The number of hydrogen-bond donors (Lipinski definition) is 2. The van der Waals surface area contributed by atoms with Crippen molar-refractivity contribution in [3.63, 3.8) is 0 Å². The van der Waals surface area contributed by atoms with Crippen molar-refractivity contribution in [1.82, 2.24) is 15.5 Å². The lowest BCUT2D eigenvalue weighted by Gasteiger charge is -2.04. The second-order valence-corrected chi connectivity index (χ2v) is 4.18. The summed E-state index contributed by atoms with van der Waals surface area (Å²) in [6.45, 7) is 5.09. The predicted molar refractivity (Wildman–Crippen MR) is 68.0 cm³/mol. The minimum absolute atomic E-state index is 0.549. The zero-order valence-corrected chi connectivity index (χ0v) is 10.6. The van der Waals surface area contributed by atoms with Crippen molar-refractivity contribution in [3.05, 3.63) is 41.6 Å². The van der Waals surface area contributed by atoms with E-state index in [9.17, 15) is 0 Å². The van der Waals surface area contributed by atoms with Gasteiger partial charge in [0.1, 0.15) is 12.4 Å². The first-order chi connectivity index (χ1) is 8.86. The molecule has 2 rings (SSSR count). The van der Waals surface area contributed by atoms with Gasteiger partial charge in [-0.2, -0.15) is 5.10 Å². The third kappa shape index (κ3) is 4.01. The van der Waals surface area contributed by atoms with Gasteiger partial charge in [-0.3, -0.25) is 5.10 Å². The number of aromatic nitrogens is 2. The smallest absolute Gasteiger partial charge is 0.129 e. The fourth-order valence-corrected chi connectivity index (χ4v) is 1.64. The highest BCUT2D eigenvalue weighted by atomic mass is 16.5. The second-order valence-electron chi connectivity index (χ2n) is 4.18. The zero-order chi connectivity index (χ0) is 12.6. The van der Waals surface area contributed by atoms with Gasteiger partial charge in [0.15, 0.2) is 0 Å². The minimum Gasteiger partial charge on any atom is -0.467 e. The number of nitrogens with one attached hydrogen (secondary N) is 2. The largest absolute Gasteiger partial charge is 0.467 e. The Morgan fingerprint density at radius 1 is 1.50 bits per heavy atom. The third-order valence-corrected chi connectivity index (χ3v) is 2.72. The van der Waals surface area contributed by atoms with Crippen LogP contribution in [0.2, 0.25) is 0 Å². The summed E-state index contributed by atoms with van der Waals surface area (Å²) in [7, 11) is 0. The van der Waals surface area contributed by atoms with Crippen molar-refractivity contribution in [2.75, 3.05) is 13.2 Å². The first kappa shape index (κ1) is 12.9. The lowest BCUT2D eigenvalue weighted by molar-refractivity contribution is 0.104. The van der Waals surface area contributed by atoms with Crippen LogP contribution < -0.4 is 5.32 Å². The Morgan fingerprint density at radius 3 is 3.17 bits per heavy atom. The van der Waals surface area contributed by atoms with E-state index in [4.69, 9.17) is 9.15 Å². The normalized spacial score (nSPS) is 10.9. The lowest BCUT2D eigenvalue weighted by Crippen LogP contribution is -2.16. The van der Waals surface area contributed by atoms with Crippen molar-refractivity contribution in [2.24, 2.45) is 0 Å². The molecule has 2 aromatic heterocycles. The van der Waals surface area contributed by atoms with Crippen LogP contribution in [0.15, 0.2) is 29.0 Å². The number of furan rings is 1. The van der Waals surface area contributed by atoms with Crippen LogP contribution in [0.25, 0.3) is 0 Å². The monoisotopic (exact) mass is 249 g/mol. The fourth-order valence-electron chi connectivity index (χ4n) is 1.64. The Bertz CT molecular complexity index is 437. The first-order valence-electron chi connectivity index (χ1n) is 6.16. The molecule has 0 amide bonds. The molecule has 2 aromatic rings. The van der Waals surface area contributed by atoms with Gasteiger partial charge in [0.2, 0.25) is 0 Å². The van der Waals surface area contributed by atoms with Crippen LogP contribution >= 0.6 is 0 Å². The number of ether oxygens (including phenoxy) is 1. The molecule has 0 bridgehead atoms. The maximum Gasteiger partial charge on any atom is 0.129 e. The average molecular weight is 249 g/mol. The average Bonchev–Trinajstić information content (AvgIpc) is 3.00. The zero-order valence-electron chi connectivity index (χ0n) is 10.6. The van der Waals surface area contributed by atoms with Gasteiger partial charge < -0.3 is 14.5 Å². The van der Waals surface area contributed by atoms with Gasteiger partial charge in [-0.25, -0.2) is 0 Å². The standard InChI is InChI=1S/C13H19N3O2/c1-11-12(9-15-16-11)8-14-5-3-6-17-10-13-4-2-7-18-13/h2,4,7,9,14H,3,5-6,8,10H2,1H3,(H,15,16). The number of H-pyrrole nitrogens is 1. The Balaban J connectivity index is 1.48. The van der Waals surface area contributed by atoms with Crippen LogP contribution in [0, 0.1) is 6.92 Å². The highest BCUT2D eigenvalue weighted by Crippen LogP contribution is 2.02. The summed E-state index contributed by atoms with van der Waals surface area (Å²) in [4.78, 5) is 0. The van der Waals surface area contributed by atoms with Crippen LogP contribution in [0.5, 0.6) is 0 Å². The number of nitrogens with zero attached hydrogens (tertiary/aromatic N) is 1. The summed E-state index contributed by atoms with van der Waals surface area (Å²) in [5.41, 5.74) is 2.34. The van der Waals surface area contributed by atoms with Gasteiger partial charge in [-0.1, -0.05) is 0 Å². The van der Waals surface area contributed by atoms with Gasteiger partial charge in [0, 0.05) is 24.4 Å². The molecule has 0 spiro atoms. The molecule has 98 valence electrons. The molecule has 0 aromatic carbocycles. The molecule has 0 fully saturated rings. The van der Waals surface area contributed by atoms with E-state index in [0.717, 1.165) is 37.6 Å². The molecular weight excluding hydrogens is 230 g/mol. The molecule has 2 heterocycles. The Hall–Kier alpha value is -1.59. The SMILES string of the molecule is Cc1[nH]ncc1CNCCCOCc1ccco1. The Morgan fingerprint density at radius 2 is 2.44 bits per heavy atom. The summed E-state index contributed by atoms with van der Waals surface area (Å²) < 4.78 is 10.7. The summed E-state index contributed by atoms with van der Waals surface area (Å²) >= 11 is 0. The van der Waals surface area contributed by atoms with Crippen LogP contribution in [0.3, 0.4) is 0 Å². The molecule has 5 heteroatoms. The van der Waals surface area contributed by atoms with E-state index in [2.05, 4.69) is 15.5 Å². The molecule has 18 heavy (non-hydrogen) atoms. The van der Waals surface area contributed by atoms with Crippen molar-refractivity contribution in [2.45, 2.75) is 26.5 Å². The molecular formula is C13H19N3O2. The number of hydrogen-bond acceptors (Lipinski definition) is 4. The highest BCUT2D eigenvalue weighted by Gasteiger charge is 1.99. The van der Waals surface area contributed by atoms with Crippen molar-refractivity contribution in [3.8, 4) is 0 Å². The quantitative estimate of drug-likeness (QED) is 0.702. The molecule has 0 aliphatic rings. The molecule has 0 atom stereocenters. The third-order valence-electron chi connectivity index (χ3n) is 2.72. The van der Waals surface area contributed by atoms with E-state index >= 15 is 0 Å². The second kappa shape index (κ2) is 6.98. The number of aromatic amines is 1. The molecule has 0 unspecified atom stereocenters. The van der Waals surface area contributed by atoms with Crippen LogP contribution in [0.1, 0.15) is 23.4 Å². The van der Waals surface area contributed by atoms with E-state index in [1.165, 1.54) is 5.56 Å². The first-order valence-corrected chi connectivity index (χ1v) is 6.16. The predicted octanol–water partition coefficient (Wildman–Crippen LogP) is 2.01. The Kier molecular flexibility index (Phi) is 4.99. The van der Waals surface area contributed by atoms with Crippen molar-refractivity contribution < 1.29 is 9.15 Å². The van der Waals surface area contributed by atoms with Crippen molar-refractivity contribution in [1.29, 1.82) is 0 Å². The molecule has 5 nitrogen and oxygen atoms in total. The molecule has 0 saturated carbocycles. The topological polar surface area (TPSA) is 63.1 Å². The minimum atomic E-state index is 0.549. The van der Waals surface area contributed by atoms with E-state index in [1.807, 2.05) is 25.3 Å². The lowest BCUT2D eigenvalue weighted by atomic mass is 10.2. The van der Waals surface area contributed by atoms with Gasteiger partial charge in [-0.15, -0.1) is 0 Å². The highest BCUT2D eigenvalue weighted by molar-refractivity contribution is 5.13. The summed E-state index contributed by atoms with van der Waals surface area (Å²) in [5.74, 6) is 0.872. The maximum atomic E-state index is 5.49. The van der Waals surface area contributed by atoms with Crippen LogP contribution in [0.4, 0.5) is 0 Å². The number of rotatable bonds is 8. The molecule has 0 aliphatic heterocycles. The van der Waals surface area contributed by atoms with Crippen molar-refractivity contribution >= 4 is 0 Å². The maximum absolute atomic E-state index is 5.49. The van der Waals surface area contributed by atoms with E-state index in [1.54, 1.807) is 6.26 Å². The van der Waals surface area contributed by atoms with Crippen LogP contribution in [-0.2, 0) is 17.9 Å². The molecule has 0 saturated heterocycles.